The first-order chi connectivity index (χ1) is 5.38. The van der Waals surface area contributed by atoms with Gasteiger partial charge in [0.05, 0.1) is 12.4 Å². The Bertz CT molecular complexity index is 335. The van der Waals surface area contributed by atoms with Crippen molar-refractivity contribution in [1.29, 1.82) is 0 Å². The lowest BCUT2D eigenvalue weighted by Crippen LogP contribution is -1.88. The monoisotopic (exact) mass is 163 g/mol. The van der Waals surface area contributed by atoms with Gasteiger partial charge < -0.3 is 4.57 Å². The maximum Gasteiger partial charge on any atom is 0.141 e. The van der Waals surface area contributed by atoms with E-state index < -0.39 is 0 Å². The molecule has 0 aliphatic heterocycles. The average Bonchev–Trinajstić information content (AvgIpc) is 2.55. The van der Waals surface area contributed by atoms with E-state index in [0.717, 1.165) is 5.82 Å². The van der Waals surface area contributed by atoms with Crippen molar-refractivity contribution in [1.82, 2.24) is 9.55 Å². The molecular weight excluding hydrogens is 156 g/mol. The van der Waals surface area contributed by atoms with Gasteiger partial charge in [-0.15, -0.1) is 0 Å². The largest absolute Gasteiger partial charge is 0.326 e. The molecule has 0 atom stereocenters. The van der Waals surface area contributed by atoms with E-state index in [4.69, 9.17) is 0 Å². The van der Waals surface area contributed by atoms with Crippen LogP contribution in [0.4, 0.5) is 0 Å². The topological polar surface area (TPSA) is 17.8 Å². The van der Waals surface area contributed by atoms with Crippen LogP contribution in [0.15, 0.2) is 23.0 Å². The quantitative estimate of drug-likeness (QED) is 0.628. The van der Waals surface area contributed by atoms with Crippen LogP contribution in [0.1, 0.15) is 0 Å². The Morgan fingerprint density at radius 1 is 1.64 bits per heavy atom. The summed E-state index contributed by atoms with van der Waals surface area (Å²) in [5, 5.41) is 4.13. The third-order valence-electron chi connectivity index (χ3n) is 1.54. The molecule has 0 aliphatic rings. The highest BCUT2D eigenvalue weighted by Gasteiger charge is 2.01. The van der Waals surface area contributed by atoms with E-state index in [9.17, 15) is 0 Å². The van der Waals surface area contributed by atoms with Crippen molar-refractivity contribution in [2.75, 3.05) is 0 Å². The van der Waals surface area contributed by atoms with Gasteiger partial charge in [0.2, 0.25) is 0 Å². The van der Waals surface area contributed by atoms with Gasteiger partial charge in [0.15, 0.2) is 0 Å². The molecule has 11 heavy (non-hydrogen) atoms. The van der Waals surface area contributed by atoms with Crippen LogP contribution in [-0.4, -0.2) is 9.55 Å². The molecule has 0 amide bonds. The van der Waals surface area contributed by atoms with Crippen LogP contribution < -0.4 is 0 Å². The Hall–Kier alpha value is -1.09. The van der Waals surface area contributed by atoms with Crippen LogP contribution in [0.2, 0.25) is 0 Å². The van der Waals surface area contributed by atoms with E-state index in [1.165, 1.54) is 5.56 Å². The van der Waals surface area contributed by atoms with Crippen LogP contribution in [0, 0.1) is 6.20 Å². The van der Waals surface area contributed by atoms with E-state index in [1.807, 2.05) is 17.0 Å². The SMILES string of the molecule is Cn1[c]cnc1-c1ccsc1. The molecule has 55 valence electrons. The highest BCUT2D eigenvalue weighted by Crippen LogP contribution is 2.18. The molecule has 0 spiro atoms. The molecule has 2 heterocycles. The number of imidazole rings is 1. The molecule has 2 rings (SSSR count). The predicted octanol–water partition coefficient (Wildman–Crippen LogP) is 1.95. The van der Waals surface area contributed by atoms with E-state index >= 15 is 0 Å². The Balaban J connectivity index is 2.53. The third-order valence-corrected chi connectivity index (χ3v) is 2.22. The zero-order valence-electron chi connectivity index (χ0n) is 6.11. The Morgan fingerprint density at radius 2 is 2.55 bits per heavy atom. The van der Waals surface area contributed by atoms with Crippen LogP contribution >= 0.6 is 11.3 Å². The lowest BCUT2D eigenvalue weighted by molar-refractivity contribution is 0.918. The molecule has 0 saturated carbocycles. The summed E-state index contributed by atoms with van der Waals surface area (Å²) in [4.78, 5) is 4.17. The van der Waals surface area contributed by atoms with Crippen molar-refractivity contribution in [3.8, 4) is 11.4 Å². The second-order valence-corrected chi connectivity index (χ2v) is 3.06. The van der Waals surface area contributed by atoms with E-state index in [2.05, 4.69) is 22.6 Å². The van der Waals surface area contributed by atoms with Crippen molar-refractivity contribution in [2.24, 2.45) is 7.05 Å². The summed E-state index contributed by atoms with van der Waals surface area (Å²) in [5.74, 6) is 0.978. The summed E-state index contributed by atoms with van der Waals surface area (Å²) in [6, 6.07) is 2.06. The van der Waals surface area contributed by atoms with Gasteiger partial charge in [-0.3, -0.25) is 0 Å². The van der Waals surface area contributed by atoms with Crippen molar-refractivity contribution < 1.29 is 0 Å². The maximum absolute atomic E-state index is 4.17. The molecule has 2 aromatic heterocycles. The molecule has 2 nitrogen and oxygen atoms in total. The molecule has 0 aliphatic carbocycles. The summed E-state index contributed by atoms with van der Waals surface area (Å²) in [6.45, 7) is 0. The molecule has 0 fully saturated rings. The van der Waals surface area contributed by atoms with Gasteiger partial charge in [-0.25, -0.2) is 4.98 Å². The fraction of sp³-hybridized carbons (Fsp3) is 0.125. The molecule has 3 heteroatoms. The first-order valence-electron chi connectivity index (χ1n) is 3.30. The minimum absolute atomic E-state index is 0.978. The zero-order chi connectivity index (χ0) is 7.68. The number of rotatable bonds is 1. The van der Waals surface area contributed by atoms with Gasteiger partial charge in [0, 0.05) is 18.0 Å². The van der Waals surface area contributed by atoms with Gasteiger partial charge in [-0.2, -0.15) is 11.3 Å². The fourth-order valence-electron chi connectivity index (χ4n) is 0.984. The van der Waals surface area contributed by atoms with Crippen LogP contribution in [-0.2, 0) is 7.05 Å². The van der Waals surface area contributed by atoms with Gasteiger partial charge in [-0.05, 0) is 11.4 Å². The summed E-state index contributed by atoms with van der Waals surface area (Å²) in [5.41, 5.74) is 1.17. The molecule has 0 unspecified atom stereocenters. The number of hydrogen-bond acceptors (Lipinski definition) is 2. The standard InChI is InChI=1S/C8H7N2S/c1-10-4-3-9-8(10)7-2-5-11-6-7/h2-3,5-6H,1H3. The average molecular weight is 163 g/mol. The van der Waals surface area contributed by atoms with Gasteiger partial charge in [-0.1, -0.05) is 0 Å². The van der Waals surface area contributed by atoms with Crippen molar-refractivity contribution in [2.45, 2.75) is 0 Å². The summed E-state index contributed by atoms with van der Waals surface area (Å²) in [6.07, 6.45) is 4.65. The summed E-state index contributed by atoms with van der Waals surface area (Å²) >= 11 is 1.68. The van der Waals surface area contributed by atoms with Crippen LogP contribution in [0.5, 0.6) is 0 Å². The predicted molar refractivity (Wildman–Crippen MR) is 45.4 cm³/mol. The normalized spacial score (nSPS) is 10.3. The molecule has 0 N–H and O–H groups in total. The smallest absolute Gasteiger partial charge is 0.141 e. The minimum atomic E-state index is 0.978. The fourth-order valence-corrected chi connectivity index (χ4v) is 1.62. The second-order valence-electron chi connectivity index (χ2n) is 2.28. The highest BCUT2D eigenvalue weighted by molar-refractivity contribution is 7.08. The Labute approximate surface area is 69.1 Å². The van der Waals surface area contributed by atoms with Crippen LogP contribution in [0.3, 0.4) is 0 Å². The summed E-state index contributed by atoms with van der Waals surface area (Å²) < 4.78 is 1.89. The molecule has 1 radical (unpaired) electrons. The van der Waals surface area contributed by atoms with E-state index in [1.54, 1.807) is 17.5 Å². The van der Waals surface area contributed by atoms with Crippen LogP contribution in [0.25, 0.3) is 11.4 Å². The molecule has 0 aromatic carbocycles. The highest BCUT2D eigenvalue weighted by atomic mass is 32.1. The maximum atomic E-state index is 4.17. The number of thiophene rings is 1. The van der Waals surface area contributed by atoms with Crippen molar-refractivity contribution in [3.05, 3.63) is 29.2 Å². The number of nitrogens with zero attached hydrogens (tertiary/aromatic N) is 2. The van der Waals surface area contributed by atoms with Gasteiger partial charge in [0.25, 0.3) is 0 Å². The molecular formula is C8H7N2S. The van der Waals surface area contributed by atoms with Gasteiger partial charge in [0.1, 0.15) is 5.82 Å². The third kappa shape index (κ3) is 1.07. The number of aryl methyl sites for hydroxylation is 1. The molecule has 0 bridgehead atoms. The number of aromatic nitrogens is 2. The van der Waals surface area contributed by atoms with Crippen molar-refractivity contribution >= 4 is 11.3 Å². The van der Waals surface area contributed by atoms with Crippen molar-refractivity contribution in [3.63, 3.8) is 0 Å². The first kappa shape index (κ1) is 6.61. The Morgan fingerprint density at radius 3 is 3.09 bits per heavy atom. The molecule has 0 saturated heterocycles. The Kier molecular flexibility index (Phi) is 1.51. The zero-order valence-corrected chi connectivity index (χ0v) is 6.93. The second kappa shape index (κ2) is 2.51. The number of hydrogen-bond donors (Lipinski definition) is 0. The van der Waals surface area contributed by atoms with Gasteiger partial charge >= 0.3 is 0 Å². The summed E-state index contributed by atoms with van der Waals surface area (Å²) in [7, 11) is 1.94. The first-order valence-corrected chi connectivity index (χ1v) is 4.24. The lowest BCUT2D eigenvalue weighted by atomic mass is 10.3. The lowest BCUT2D eigenvalue weighted by Gasteiger charge is -1.95. The van der Waals surface area contributed by atoms with E-state index in [0.29, 0.717) is 0 Å². The minimum Gasteiger partial charge on any atom is -0.326 e. The molecule has 2 aromatic rings. The van der Waals surface area contributed by atoms with E-state index in [-0.39, 0.29) is 0 Å².